The Morgan fingerprint density at radius 2 is 2.00 bits per heavy atom. The summed E-state index contributed by atoms with van der Waals surface area (Å²) in [6, 6.07) is 1.34. The minimum Gasteiger partial charge on any atom is -0.477 e. The van der Waals surface area contributed by atoms with E-state index >= 15 is 0 Å². The number of nitrogens with one attached hydrogen (secondary N) is 1. The van der Waals surface area contributed by atoms with Crippen LogP contribution in [0.15, 0.2) is 17.1 Å². The normalized spacial score (nSPS) is 11.4. The summed E-state index contributed by atoms with van der Waals surface area (Å²) in [6.07, 6.45) is 1.24. The van der Waals surface area contributed by atoms with Crippen molar-refractivity contribution in [3.8, 4) is 0 Å². The molecule has 0 saturated heterocycles. The van der Waals surface area contributed by atoms with Crippen LogP contribution in [0.25, 0.3) is 0 Å². The van der Waals surface area contributed by atoms with Crippen LogP contribution in [0.3, 0.4) is 0 Å². The molecule has 0 aliphatic heterocycles. The second-order valence-corrected chi connectivity index (χ2v) is 4.18. The van der Waals surface area contributed by atoms with Gasteiger partial charge in [0.2, 0.25) is 0 Å². The molecule has 0 radical (unpaired) electrons. The van der Waals surface area contributed by atoms with Gasteiger partial charge in [-0.3, -0.25) is 4.79 Å². The first-order valence-corrected chi connectivity index (χ1v) is 4.29. The molecule has 0 atom stereocenters. The summed E-state index contributed by atoms with van der Waals surface area (Å²) >= 11 is 0. The topological polar surface area (TPSA) is 70.2 Å². The number of rotatable bonds is 1. The van der Waals surface area contributed by atoms with Crippen molar-refractivity contribution < 1.29 is 9.90 Å². The molecule has 0 amide bonds. The quantitative estimate of drug-likeness (QED) is 0.711. The molecule has 4 heteroatoms. The average molecular weight is 195 g/mol. The van der Waals surface area contributed by atoms with Crippen LogP contribution in [0.4, 0.5) is 0 Å². The molecule has 0 aliphatic carbocycles. The van der Waals surface area contributed by atoms with Crippen molar-refractivity contribution >= 4 is 5.97 Å². The highest BCUT2D eigenvalue weighted by Crippen LogP contribution is 2.17. The van der Waals surface area contributed by atoms with Gasteiger partial charge in [-0.25, -0.2) is 4.79 Å². The monoisotopic (exact) mass is 195 g/mol. The Morgan fingerprint density at radius 1 is 1.43 bits per heavy atom. The van der Waals surface area contributed by atoms with Gasteiger partial charge in [0.15, 0.2) is 5.43 Å². The third-order valence-electron chi connectivity index (χ3n) is 1.95. The number of carbonyl (C=O) groups is 1. The van der Waals surface area contributed by atoms with Gasteiger partial charge >= 0.3 is 5.97 Å². The fourth-order valence-electron chi connectivity index (χ4n) is 1.07. The van der Waals surface area contributed by atoms with Crippen LogP contribution >= 0.6 is 0 Å². The number of aromatic amines is 1. The van der Waals surface area contributed by atoms with E-state index in [9.17, 15) is 9.59 Å². The summed E-state index contributed by atoms with van der Waals surface area (Å²) in [6.45, 7) is 5.83. The van der Waals surface area contributed by atoms with Gasteiger partial charge in [-0.05, 0) is 0 Å². The van der Waals surface area contributed by atoms with E-state index in [2.05, 4.69) is 4.98 Å². The predicted molar refractivity (Wildman–Crippen MR) is 52.7 cm³/mol. The van der Waals surface area contributed by atoms with Crippen molar-refractivity contribution in [2.24, 2.45) is 0 Å². The molecule has 0 aromatic carbocycles. The van der Waals surface area contributed by atoms with Crippen LogP contribution in [0.1, 0.15) is 36.8 Å². The Balaban J connectivity index is 3.27. The summed E-state index contributed by atoms with van der Waals surface area (Å²) in [5, 5.41) is 8.64. The van der Waals surface area contributed by atoms with Crippen LogP contribution < -0.4 is 5.43 Å². The molecular weight excluding hydrogens is 182 g/mol. The standard InChI is InChI=1S/C10H13NO3/c1-10(2,3)8-4-7(12)6(5-11-8)9(13)14/h4-5H,1-3H3,(H,11,12)(H,13,14). The predicted octanol–water partition coefficient (Wildman–Crippen LogP) is 1.37. The largest absolute Gasteiger partial charge is 0.477 e. The van der Waals surface area contributed by atoms with Gasteiger partial charge in [0.25, 0.3) is 0 Å². The van der Waals surface area contributed by atoms with E-state index in [-0.39, 0.29) is 11.0 Å². The number of hydrogen-bond donors (Lipinski definition) is 2. The van der Waals surface area contributed by atoms with E-state index in [1.165, 1.54) is 12.3 Å². The minimum atomic E-state index is -1.20. The number of aromatic nitrogens is 1. The van der Waals surface area contributed by atoms with Gasteiger partial charge in [0.05, 0.1) is 0 Å². The SMILES string of the molecule is CC(C)(C)c1cc(=O)c(C(=O)O)c[nH]1. The summed E-state index contributed by atoms with van der Waals surface area (Å²) in [7, 11) is 0. The van der Waals surface area contributed by atoms with Gasteiger partial charge in [0.1, 0.15) is 5.56 Å². The zero-order valence-corrected chi connectivity index (χ0v) is 8.42. The third kappa shape index (κ3) is 2.02. The van der Waals surface area contributed by atoms with E-state index in [0.29, 0.717) is 0 Å². The molecule has 0 fully saturated rings. The summed E-state index contributed by atoms with van der Waals surface area (Å²) in [5.74, 6) is -1.20. The van der Waals surface area contributed by atoms with Crippen LogP contribution in [-0.2, 0) is 5.41 Å². The molecule has 0 aliphatic rings. The maximum atomic E-state index is 11.3. The van der Waals surface area contributed by atoms with Crippen molar-refractivity contribution in [3.63, 3.8) is 0 Å². The lowest BCUT2D eigenvalue weighted by atomic mass is 9.91. The second-order valence-electron chi connectivity index (χ2n) is 4.18. The number of hydrogen-bond acceptors (Lipinski definition) is 2. The Hall–Kier alpha value is -1.58. The number of aromatic carboxylic acids is 1. The summed E-state index contributed by atoms with van der Waals surface area (Å²) in [5.41, 5.74) is -0.136. The molecule has 0 bridgehead atoms. The van der Waals surface area contributed by atoms with Gasteiger partial charge in [-0.1, -0.05) is 20.8 Å². The van der Waals surface area contributed by atoms with Crippen LogP contribution in [-0.4, -0.2) is 16.1 Å². The molecule has 1 rings (SSSR count). The zero-order chi connectivity index (χ0) is 10.9. The Morgan fingerprint density at radius 3 is 2.36 bits per heavy atom. The minimum absolute atomic E-state index is 0.184. The molecule has 14 heavy (non-hydrogen) atoms. The number of carboxylic acid groups (broad SMARTS) is 1. The van der Waals surface area contributed by atoms with Crippen LogP contribution in [0.2, 0.25) is 0 Å². The van der Waals surface area contributed by atoms with E-state index in [1.807, 2.05) is 20.8 Å². The fourth-order valence-corrected chi connectivity index (χ4v) is 1.07. The first kappa shape index (κ1) is 10.5. The summed E-state index contributed by atoms with van der Waals surface area (Å²) in [4.78, 5) is 24.7. The lowest BCUT2D eigenvalue weighted by Gasteiger charge is -2.18. The number of pyridine rings is 1. The molecular formula is C10H13NO3. The van der Waals surface area contributed by atoms with Crippen molar-refractivity contribution in [3.05, 3.63) is 33.7 Å². The van der Waals surface area contributed by atoms with Gasteiger partial charge in [-0.15, -0.1) is 0 Å². The van der Waals surface area contributed by atoms with E-state index in [0.717, 1.165) is 5.69 Å². The third-order valence-corrected chi connectivity index (χ3v) is 1.95. The van der Waals surface area contributed by atoms with Crippen LogP contribution in [0.5, 0.6) is 0 Å². The Labute approximate surface area is 81.6 Å². The van der Waals surface area contributed by atoms with Crippen molar-refractivity contribution in [2.75, 3.05) is 0 Å². The Kier molecular flexibility index (Phi) is 2.47. The molecule has 1 aromatic heterocycles. The molecule has 76 valence electrons. The van der Waals surface area contributed by atoms with E-state index in [1.54, 1.807) is 0 Å². The van der Waals surface area contributed by atoms with E-state index in [4.69, 9.17) is 5.11 Å². The maximum Gasteiger partial charge on any atom is 0.341 e. The Bertz CT molecular complexity index is 412. The highest BCUT2D eigenvalue weighted by Gasteiger charge is 2.17. The molecule has 0 unspecified atom stereocenters. The highest BCUT2D eigenvalue weighted by atomic mass is 16.4. The molecule has 0 saturated carbocycles. The van der Waals surface area contributed by atoms with E-state index < -0.39 is 11.4 Å². The summed E-state index contributed by atoms with van der Waals surface area (Å²) < 4.78 is 0. The maximum absolute atomic E-state index is 11.3. The second kappa shape index (κ2) is 3.29. The first-order chi connectivity index (χ1) is 6.32. The first-order valence-electron chi connectivity index (χ1n) is 4.29. The van der Waals surface area contributed by atoms with Crippen LogP contribution in [0, 0.1) is 0 Å². The molecule has 4 nitrogen and oxygen atoms in total. The lowest BCUT2D eigenvalue weighted by Crippen LogP contribution is -2.21. The van der Waals surface area contributed by atoms with Crippen molar-refractivity contribution in [1.82, 2.24) is 4.98 Å². The fraction of sp³-hybridized carbons (Fsp3) is 0.400. The molecule has 1 heterocycles. The highest BCUT2D eigenvalue weighted by molar-refractivity contribution is 5.86. The molecule has 0 spiro atoms. The lowest BCUT2D eigenvalue weighted by molar-refractivity contribution is 0.0695. The van der Waals surface area contributed by atoms with Crippen molar-refractivity contribution in [1.29, 1.82) is 0 Å². The smallest absolute Gasteiger partial charge is 0.341 e. The van der Waals surface area contributed by atoms with Gasteiger partial charge in [-0.2, -0.15) is 0 Å². The average Bonchev–Trinajstić information content (AvgIpc) is 2.01. The van der Waals surface area contributed by atoms with Gasteiger partial charge in [0, 0.05) is 23.4 Å². The van der Waals surface area contributed by atoms with Gasteiger partial charge < -0.3 is 10.1 Å². The number of H-pyrrole nitrogens is 1. The van der Waals surface area contributed by atoms with Crippen molar-refractivity contribution in [2.45, 2.75) is 26.2 Å². The molecule has 1 aromatic rings. The zero-order valence-electron chi connectivity index (χ0n) is 8.42. The molecule has 2 N–H and O–H groups in total. The number of carboxylic acids is 1.